The van der Waals surface area contributed by atoms with E-state index in [0.29, 0.717) is 19.6 Å². The fourth-order valence-electron chi connectivity index (χ4n) is 2.24. The minimum atomic E-state index is -3.36. The van der Waals surface area contributed by atoms with Crippen molar-refractivity contribution in [1.82, 2.24) is 9.03 Å². The molecular weight excluding hydrogens is 262 g/mol. The van der Waals surface area contributed by atoms with E-state index in [1.54, 1.807) is 0 Å². The van der Waals surface area contributed by atoms with E-state index in [9.17, 15) is 8.42 Å². The first-order chi connectivity index (χ1) is 9.03. The van der Waals surface area contributed by atoms with Crippen molar-refractivity contribution >= 4 is 10.2 Å². The average molecular weight is 283 g/mol. The summed E-state index contributed by atoms with van der Waals surface area (Å²) in [7, 11) is -3.36. The molecule has 5 nitrogen and oxygen atoms in total. The van der Waals surface area contributed by atoms with E-state index in [4.69, 9.17) is 5.73 Å². The molecule has 0 amide bonds. The number of rotatable bonds is 5. The first kappa shape index (κ1) is 14.5. The maximum Gasteiger partial charge on any atom is 0.279 e. The van der Waals surface area contributed by atoms with Crippen LogP contribution >= 0.6 is 0 Å². The molecule has 0 bridgehead atoms. The molecule has 0 aromatic heterocycles. The summed E-state index contributed by atoms with van der Waals surface area (Å²) in [6, 6.07) is 7.45. The number of hydrogen-bond donors (Lipinski definition) is 2. The molecule has 106 valence electrons. The number of benzene rings is 1. The third-order valence-corrected chi connectivity index (χ3v) is 5.14. The quantitative estimate of drug-likeness (QED) is 0.851. The Hall–Kier alpha value is -0.950. The smallest absolute Gasteiger partial charge is 0.279 e. The molecule has 0 spiro atoms. The molecule has 3 N–H and O–H groups in total. The van der Waals surface area contributed by atoms with Crippen LogP contribution < -0.4 is 10.5 Å². The highest BCUT2D eigenvalue weighted by atomic mass is 32.2. The lowest BCUT2D eigenvalue weighted by Crippen LogP contribution is -2.40. The van der Waals surface area contributed by atoms with E-state index >= 15 is 0 Å². The van der Waals surface area contributed by atoms with E-state index in [1.165, 1.54) is 4.31 Å². The summed E-state index contributed by atoms with van der Waals surface area (Å²) in [5, 5.41) is 0. The Kier molecular flexibility index (Phi) is 4.57. The van der Waals surface area contributed by atoms with Crippen LogP contribution in [-0.2, 0) is 16.8 Å². The minimum Gasteiger partial charge on any atom is -0.326 e. The molecule has 1 saturated heterocycles. The first-order valence-corrected chi connectivity index (χ1v) is 8.03. The van der Waals surface area contributed by atoms with Crippen molar-refractivity contribution in [3.05, 3.63) is 35.4 Å². The predicted molar refractivity (Wildman–Crippen MR) is 75.6 cm³/mol. The van der Waals surface area contributed by atoms with Crippen LogP contribution in [-0.4, -0.2) is 25.8 Å². The van der Waals surface area contributed by atoms with Crippen LogP contribution in [0.25, 0.3) is 0 Å². The SMILES string of the molecule is CC(NS(=O)(=O)N1CCCC1)c1ccc(CN)cc1. The van der Waals surface area contributed by atoms with Gasteiger partial charge in [0, 0.05) is 25.7 Å². The fourth-order valence-corrected chi connectivity index (χ4v) is 3.71. The third kappa shape index (κ3) is 3.54. The molecule has 1 aromatic carbocycles. The molecule has 0 aliphatic carbocycles. The standard InChI is InChI=1S/C13H21N3O2S/c1-11(13-6-4-12(10-14)5-7-13)15-19(17,18)16-8-2-3-9-16/h4-7,11,15H,2-3,8-10,14H2,1H3. The molecule has 1 aliphatic heterocycles. The van der Waals surface area contributed by atoms with Crippen LogP contribution in [0.3, 0.4) is 0 Å². The number of nitrogens with two attached hydrogens (primary N) is 1. The largest absolute Gasteiger partial charge is 0.326 e. The van der Waals surface area contributed by atoms with Gasteiger partial charge in [0.2, 0.25) is 0 Å². The summed E-state index contributed by atoms with van der Waals surface area (Å²) in [5.41, 5.74) is 7.53. The molecule has 1 atom stereocenters. The van der Waals surface area contributed by atoms with Gasteiger partial charge in [0.1, 0.15) is 0 Å². The zero-order valence-electron chi connectivity index (χ0n) is 11.2. The Bertz CT molecular complexity index is 507. The molecule has 1 aromatic rings. The van der Waals surface area contributed by atoms with Gasteiger partial charge in [-0.25, -0.2) is 0 Å². The van der Waals surface area contributed by atoms with E-state index in [1.807, 2.05) is 31.2 Å². The minimum absolute atomic E-state index is 0.238. The van der Waals surface area contributed by atoms with Gasteiger partial charge < -0.3 is 5.73 Å². The number of nitrogens with zero attached hydrogens (tertiary/aromatic N) is 1. The molecule has 1 heterocycles. The van der Waals surface area contributed by atoms with Crippen molar-refractivity contribution in [2.45, 2.75) is 32.4 Å². The van der Waals surface area contributed by atoms with Gasteiger partial charge in [-0.2, -0.15) is 17.4 Å². The number of nitrogens with one attached hydrogen (secondary N) is 1. The Morgan fingerprint density at radius 2 is 1.84 bits per heavy atom. The first-order valence-electron chi connectivity index (χ1n) is 6.59. The highest BCUT2D eigenvalue weighted by Crippen LogP contribution is 2.17. The van der Waals surface area contributed by atoms with Crippen LogP contribution in [0.4, 0.5) is 0 Å². The van der Waals surface area contributed by atoms with Gasteiger partial charge in [0.05, 0.1) is 0 Å². The summed E-state index contributed by atoms with van der Waals surface area (Å²) in [5.74, 6) is 0. The summed E-state index contributed by atoms with van der Waals surface area (Å²) in [6.45, 7) is 3.58. The Labute approximate surface area is 115 Å². The van der Waals surface area contributed by atoms with Crippen molar-refractivity contribution in [3.8, 4) is 0 Å². The van der Waals surface area contributed by atoms with Crippen LogP contribution in [0.5, 0.6) is 0 Å². The van der Waals surface area contributed by atoms with Gasteiger partial charge in [0.25, 0.3) is 10.2 Å². The van der Waals surface area contributed by atoms with Gasteiger partial charge in [-0.3, -0.25) is 0 Å². The van der Waals surface area contributed by atoms with Gasteiger partial charge in [-0.1, -0.05) is 24.3 Å². The van der Waals surface area contributed by atoms with Crippen molar-refractivity contribution in [2.75, 3.05) is 13.1 Å². The second kappa shape index (κ2) is 6.00. The average Bonchev–Trinajstić information content (AvgIpc) is 2.93. The Morgan fingerprint density at radius 3 is 2.37 bits per heavy atom. The molecule has 0 radical (unpaired) electrons. The van der Waals surface area contributed by atoms with Gasteiger partial charge in [0.15, 0.2) is 0 Å². The van der Waals surface area contributed by atoms with E-state index in [-0.39, 0.29) is 6.04 Å². The van der Waals surface area contributed by atoms with Gasteiger partial charge in [-0.15, -0.1) is 0 Å². The van der Waals surface area contributed by atoms with E-state index in [0.717, 1.165) is 24.0 Å². The molecular formula is C13H21N3O2S. The highest BCUT2D eigenvalue weighted by molar-refractivity contribution is 7.87. The molecule has 6 heteroatoms. The van der Waals surface area contributed by atoms with Gasteiger partial charge >= 0.3 is 0 Å². The maximum absolute atomic E-state index is 12.1. The summed E-state index contributed by atoms with van der Waals surface area (Å²) >= 11 is 0. The van der Waals surface area contributed by atoms with Crippen LogP contribution in [0.15, 0.2) is 24.3 Å². The molecule has 19 heavy (non-hydrogen) atoms. The lowest BCUT2D eigenvalue weighted by molar-refractivity contribution is 0.457. The van der Waals surface area contributed by atoms with Crippen molar-refractivity contribution in [3.63, 3.8) is 0 Å². The Morgan fingerprint density at radius 1 is 1.26 bits per heavy atom. The van der Waals surface area contributed by atoms with Gasteiger partial charge in [-0.05, 0) is 30.9 Å². The molecule has 1 aliphatic rings. The highest BCUT2D eigenvalue weighted by Gasteiger charge is 2.26. The summed E-state index contributed by atoms with van der Waals surface area (Å²) < 4.78 is 28.5. The monoisotopic (exact) mass is 283 g/mol. The van der Waals surface area contributed by atoms with E-state index in [2.05, 4.69) is 4.72 Å². The third-order valence-electron chi connectivity index (χ3n) is 3.45. The topological polar surface area (TPSA) is 75.4 Å². The molecule has 2 rings (SSSR count). The van der Waals surface area contributed by atoms with Crippen LogP contribution in [0.2, 0.25) is 0 Å². The lowest BCUT2D eigenvalue weighted by Gasteiger charge is -2.20. The van der Waals surface area contributed by atoms with Crippen LogP contribution in [0, 0.1) is 0 Å². The van der Waals surface area contributed by atoms with Crippen molar-refractivity contribution < 1.29 is 8.42 Å². The fraction of sp³-hybridized carbons (Fsp3) is 0.538. The molecule has 0 saturated carbocycles. The summed E-state index contributed by atoms with van der Waals surface area (Å²) in [4.78, 5) is 0. The lowest BCUT2D eigenvalue weighted by atomic mass is 10.1. The zero-order valence-corrected chi connectivity index (χ0v) is 12.0. The van der Waals surface area contributed by atoms with Crippen molar-refractivity contribution in [1.29, 1.82) is 0 Å². The molecule has 1 unspecified atom stereocenters. The van der Waals surface area contributed by atoms with Crippen LogP contribution in [0.1, 0.15) is 36.9 Å². The van der Waals surface area contributed by atoms with Crippen molar-refractivity contribution in [2.24, 2.45) is 5.73 Å². The second-order valence-corrected chi connectivity index (χ2v) is 6.60. The Balaban J connectivity index is 2.04. The molecule has 1 fully saturated rings. The van der Waals surface area contributed by atoms with E-state index < -0.39 is 10.2 Å². The normalized spacial score (nSPS) is 18.6. The summed E-state index contributed by atoms with van der Waals surface area (Å²) in [6.07, 6.45) is 1.89. The predicted octanol–water partition coefficient (Wildman–Crippen LogP) is 1.14. The maximum atomic E-state index is 12.1. The second-order valence-electron chi connectivity index (χ2n) is 4.90. The zero-order chi connectivity index (χ0) is 13.9. The number of hydrogen-bond acceptors (Lipinski definition) is 3.